The minimum atomic E-state index is -0.439. The molecule has 0 aromatic heterocycles. The van der Waals surface area contributed by atoms with Gasteiger partial charge in [-0.15, -0.1) is 0 Å². The Kier molecular flexibility index (Phi) is 3.42. The van der Waals surface area contributed by atoms with Gasteiger partial charge in [0.1, 0.15) is 0 Å². The number of anilines is 1. The predicted molar refractivity (Wildman–Crippen MR) is 77.9 cm³/mol. The largest absolute Gasteiger partial charge is 0.336 e. The minimum Gasteiger partial charge on any atom is -0.336 e. The standard InChI is InChI=1S/C15H17ClN2O2/c16-11-6-2-3-7-12(11)18-13(19)15(10-17-14(18)20)8-4-1-5-9-15/h2-3,6-7H,1,4-5,8-10H2,(H,17,20). The summed E-state index contributed by atoms with van der Waals surface area (Å²) < 4.78 is 0. The third kappa shape index (κ3) is 2.08. The lowest BCUT2D eigenvalue weighted by molar-refractivity contribution is -0.130. The van der Waals surface area contributed by atoms with Crippen molar-refractivity contribution in [2.24, 2.45) is 5.41 Å². The second-order valence-electron chi connectivity index (χ2n) is 5.59. The number of hydrogen-bond acceptors (Lipinski definition) is 2. The number of urea groups is 1. The van der Waals surface area contributed by atoms with Crippen LogP contribution in [0.5, 0.6) is 0 Å². The van der Waals surface area contributed by atoms with Crippen molar-refractivity contribution in [2.75, 3.05) is 11.4 Å². The first-order chi connectivity index (χ1) is 9.64. The summed E-state index contributed by atoms with van der Waals surface area (Å²) in [6, 6.07) is 6.60. The topological polar surface area (TPSA) is 49.4 Å². The van der Waals surface area contributed by atoms with Crippen molar-refractivity contribution in [1.82, 2.24) is 5.32 Å². The molecule has 2 aliphatic rings. The maximum atomic E-state index is 12.9. The van der Waals surface area contributed by atoms with Crippen LogP contribution in [-0.4, -0.2) is 18.5 Å². The van der Waals surface area contributed by atoms with E-state index in [1.54, 1.807) is 24.3 Å². The first-order valence-corrected chi connectivity index (χ1v) is 7.39. The second-order valence-corrected chi connectivity index (χ2v) is 6.00. The molecule has 1 saturated carbocycles. The van der Waals surface area contributed by atoms with E-state index in [0.29, 0.717) is 17.3 Å². The zero-order valence-corrected chi connectivity index (χ0v) is 11.9. The van der Waals surface area contributed by atoms with Crippen LogP contribution in [0, 0.1) is 5.41 Å². The monoisotopic (exact) mass is 292 g/mol. The number of carbonyl (C=O) groups excluding carboxylic acids is 2. The summed E-state index contributed by atoms with van der Waals surface area (Å²) in [6.45, 7) is 0.450. The first kappa shape index (κ1) is 13.4. The number of hydrogen-bond donors (Lipinski definition) is 1. The zero-order valence-electron chi connectivity index (χ0n) is 11.2. The molecular formula is C15H17ClN2O2. The summed E-state index contributed by atoms with van der Waals surface area (Å²) >= 11 is 6.14. The van der Waals surface area contributed by atoms with Crippen LogP contribution in [0.15, 0.2) is 24.3 Å². The zero-order chi connectivity index (χ0) is 14.2. The number of imide groups is 1. The van der Waals surface area contributed by atoms with Gasteiger partial charge in [0.25, 0.3) is 0 Å². The fourth-order valence-corrected chi connectivity index (χ4v) is 3.42. The Morgan fingerprint density at radius 2 is 1.80 bits per heavy atom. The fourth-order valence-electron chi connectivity index (χ4n) is 3.20. The van der Waals surface area contributed by atoms with Crippen LogP contribution >= 0.6 is 11.6 Å². The van der Waals surface area contributed by atoms with E-state index in [1.807, 2.05) is 0 Å². The lowest BCUT2D eigenvalue weighted by Gasteiger charge is -2.43. The molecule has 20 heavy (non-hydrogen) atoms. The highest BCUT2D eigenvalue weighted by Gasteiger charge is 2.48. The van der Waals surface area contributed by atoms with E-state index in [0.717, 1.165) is 32.1 Å². The van der Waals surface area contributed by atoms with Crippen molar-refractivity contribution in [3.63, 3.8) is 0 Å². The number of halogens is 1. The molecule has 2 fully saturated rings. The van der Waals surface area contributed by atoms with Gasteiger partial charge in [-0.05, 0) is 25.0 Å². The summed E-state index contributed by atoms with van der Waals surface area (Å²) in [5.74, 6) is -0.103. The third-order valence-electron chi connectivity index (χ3n) is 4.34. The SMILES string of the molecule is O=C1NCC2(CCCCC2)C(=O)N1c1ccccc1Cl. The van der Waals surface area contributed by atoms with E-state index in [9.17, 15) is 9.59 Å². The van der Waals surface area contributed by atoms with Crippen molar-refractivity contribution in [1.29, 1.82) is 0 Å². The number of rotatable bonds is 1. The number of nitrogens with one attached hydrogen (secondary N) is 1. The quantitative estimate of drug-likeness (QED) is 0.863. The Morgan fingerprint density at radius 3 is 2.50 bits per heavy atom. The van der Waals surface area contributed by atoms with Crippen LogP contribution in [-0.2, 0) is 4.79 Å². The van der Waals surface area contributed by atoms with E-state index in [-0.39, 0.29) is 11.9 Å². The lowest BCUT2D eigenvalue weighted by Crippen LogP contribution is -2.61. The highest BCUT2D eigenvalue weighted by atomic mass is 35.5. The number of benzene rings is 1. The van der Waals surface area contributed by atoms with Gasteiger partial charge in [-0.2, -0.15) is 0 Å². The number of carbonyl (C=O) groups is 2. The van der Waals surface area contributed by atoms with Crippen LogP contribution in [0.2, 0.25) is 5.02 Å². The van der Waals surface area contributed by atoms with Crippen molar-refractivity contribution < 1.29 is 9.59 Å². The van der Waals surface area contributed by atoms with E-state index in [4.69, 9.17) is 11.6 Å². The molecule has 5 heteroatoms. The molecule has 0 unspecified atom stereocenters. The first-order valence-electron chi connectivity index (χ1n) is 7.01. The molecule has 1 saturated heterocycles. The molecule has 3 rings (SSSR count). The van der Waals surface area contributed by atoms with Gasteiger partial charge < -0.3 is 5.32 Å². The summed E-state index contributed by atoms with van der Waals surface area (Å²) in [4.78, 5) is 26.2. The molecule has 1 heterocycles. The Balaban J connectivity index is 1.98. The molecule has 106 valence electrons. The molecule has 0 atom stereocenters. The number of para-hydroxylation sites is 1. The van der Waals surface area contributed by atoms with Crippen molar-refractivity contribution >= 4 is 29.2 Å². The number of amides is 3. The minimum absolute atomic E-state index is 0.103. The fraction of sp³-hybridized carbons (Fsp3) is 0.467. The van der Waals surface area contributed by atoms with Gasteiger partial charge in [0.05, 0.1) is 16.1 Å². The van der Waals surface area contributed by atoms with Gasteiger partial charge >= 0.3 is 6.03 Å². The normalized spacial score (nSPS) is 21.9. The smallest absolute Gasteiger partial charge is 0.328 e. The molecule has 3 amide bonds. The van der Waals surface area contributed by atoms with Crippen molar-refractivity contribution in [3.8, 4) is 0 Å². The second kappa shape index (κ2) is 5.09. The average molecular weight is 293 g/mol. The summed E-state index contributed by atoms with van der Waals surface area (Å²) in [7, 11) is 0. The van der Waals surface area contributed by atoms with Crippen LogP contribution in [0.25, 0.3) is 0 Å². The highest BCUT2D eigenvalue weighted by Crippen LogP contribution is 2.41. The Morgan fingerprint density at radius 1 is 1.10 bits per heavy atom. The summed E-state index contributed by atoms with van der Waals surface area (Å²) in [6.07, 6.45) is 4.92. The van der Waals surface area contributed by atoms with Gasteiger partial charge in [0.2, 0.25) is 5.91 Å². The molecular weight excluding hydrogens is 276 g/mol. The molecule has 1 aliphatic heterocycles. The van der Waals surface area contributed by atoms with E-state index in [1.165, 1.54) is 4.90 Å². The van der Waals surface area contributed by atoms with Crippen LogP contribution in [0.1, 0.15) is 32.1 Å². The molecule has 1 spiro atoms. The summed E-state index contributed by atoms with van der Waals surface area (Å²) in [5, 5.41) is 3.28. The lowest BCUT2D eigenvalue weighted by atomic mass is 9.72. The van der Waals surface area contributed by atoms with Gasteiger partial charge in [0.15, 0.2) is 0 Å². The maximum Gasteiger partial charge on any atom is 0.328 e. The third-order valence-corrected chi connectivity index (χ3v) is 4.66. The molecule has 1 N–H and O–H groups in total. The van der Waals surface area contributed by atoms with E-state index in [2.05, 4.69) is 5.32 Å². The maximum absolute atomic E-state index is 12.9. The molecule has 1 aliphatic carbocycles. The van der Waals surface area contributed by atoms with Gasteiger partial charge in [0, 0.05) is 6.54 Å². The van der Waals surface area contributed by atoms with E-state index >= 15 is 0 Å². The highest BCUT2D eigenvalue weighted by molar-refractivity contribution is 6.35. The molecule has 1 aromatic rings. The van der Waals surface area contributed by atoms with Gasteiger partial charge in [-0.1, -0.05) is 43.0 Å². The van der Waals surface area contributed by atoms with Gasteiger partial charge in [-0.25, -0.2) is 9.69 Å². The molecule has 0 bridgehead atoms. The van der Waals surface area contributed by atoms with Crippen LogP contribution in [0.4, 0.5) is 10.5 Å². The number of nitrogens with zero attached hydrogens (tertiary/aromatic N) is 1. The summed E-state index contributed by atoms with van der Waals surface area (Å²) in [5.41, 5.74) is 0.0343. The van der Waals surface area contributed by atoms with Crippen LogP contribution < -0.4 is 10.2 Å². The Bertz CT molecular complexity index is 553. The Labute approximate surface area is 123 Å². The Hall–Kier alpha value is -1.55. The molecule has 4 nitrogen and oxygen atoms in total. The van der Waals surface area contributed by atoms with Crippen molar-refractivity contribution in [3.05, 3.63) is 29.3 Å². The van der Waals surface area contributed by atoms with Gasteiger partial charge in [-0.3, -0.25) is 4.79 Å². The van der Waals surface area contributed by atoms with Crippen LogP contribution in [0.3, 0.4) is 0 Å². The molecule has 1 aromatic carbocycles. The average Bonchev–Trinajstić information content (AvgIpc) is 2.47. The van der Waals surface area contributed by atoms with E-state index < -0.39 is 5.41 Å². The predicted octanol–water partition coefficient (Wildman–Crippen LogP) is 3.35. The molecule has 0 radical (unpaired) electrons. The van der Waals surface area contributed by atoms with Crippen molar-refractivity contribution in [2.45, 2.75) is 32.1 Å².